The predicted molar refractivity (Wildman–Crippen MR) is 108 cm³/mol. The molecule has 4 nitrogen and oxygen atoms in total. The molecule has 1 aliphatic heterocycles. The summed E-state index contributed by atoms with van der Waals surface area (Å²) in [6.07, 6.45) is 3.33. The molecule has 1 heterocycles. The number of piperidine rings is 1. The average molecular weight is 411 g/mol. The van der Waals surface area contributed by atoms with Gasteiger partial charge in [-0.3, -0.25) is 4.79 Å². The van der Waals surface area contributed by atoms with Gasteiger partial charge in [-0.05, 0) is 62.1 Å². The molecule has 0 unspecified atom stereocenters. The highest BCUT2D eigenvalue weighted by molar-refractivity contribution is 6.35. The molecule has 1 saturated heterocycles. The van der Waals surface area contributed by atoms with Gasteiger partial charge >= 0.3 is 0 Å². The normalized spacial score (nSPS) is 14.1. The average Bonchev–Trinajstić information content (AvgIpc) is 2.61. The van der Waals surface area contributed by atoms with Crippen molar-refractivity contribution in [3.8, 4) is 5.75 Å². The summed E-state index contributed by atoms with van der Waals surface area (Å²) in [6, 6.07) is 8.00. The minimum absolute atomic E-state index is 0.238. The van der Waals surface area contributed by atoms with Crippen molar-refractivity contribution < 1.29 is 13.9 Å². The van der Waals surface area contributed by atoms with Crippen molar-refractivity contribution in [1.29, 1.82) is 0 Å². The van der Waals surface area contributed by atoms with Crippen molar-refractivity contribution in [3.05, 3.63) is 51.8 Å². The molecule has 1 N–H and O–H groups in total. The van der Waals surface area contributed by atoms with Gasteiger partial charge in [0.05, 0.1) is 10.7 Å². The van der Waals surface area contributed by atoms with E-state index in [0.717, 1.165) is 31.5 Å². The SMILES string of the molecule is Cc1cc(Cl)cc(Cl)c1OCC(=O)Nc1ccc(N2CCCCC2)c(F)c1. The topological polar surface area (TPSA) is 41.6 Å². The van der Waals surface area contributed by atoms with Crippen LogP contribution < -0.4 is 15.0 Å². The van der Waals surface area contributed by atoms with Crippen molar-refractivity contribution in [3.63, 3.8) is 0 Å². The second-order valence-corrected chi connectivity index (χ2v) is 7.43. The number of halogens is 3. The van der Waals surface area contributed by atoms with E-state index in [4.69, 9.17) is 27.9 Å². The number of carbonyl (C=O) groups is 1. The summed E-state index contributed by atoms with van der Waals surface area (Å²) in [5, 5.41) is 3.48. The van der Waals surface area contributed by atoms with Crippen molar-refractivity contribution in [1.82, 2.24) is 0 Å². The minimum atomic E-state index is -0.398. The van der Waals surface area contributed by atoms with E-state index in [0.29, 0.717) is 27.2 Å². The lowest BCUT2D eigenvalue weighted by atomic mass is 10.1. The zero-order valence-electron chi connectivity index (χ0n) is 15.0. The third-order valence-electron chi connectivity index (χ3n) is 4.47. The maximum atomic E-state index is 14.4. The van der Waals surface area contributed by atoms with Crippen LogP contribution >= 0.6 is 23.2 Å². The van der Waals surface area contributed by atoms with Gasteiger partial charge in [-0.15, -0.1) is 0 Å². The number of anilines is 2. The number of benzene rings is 2. The number of carbonyl (C=O) groups excluding carboxylic acids is 1. The molecule has 144 valence electrons. The van der Waals surface area contributed by atoms with Crippen molar-refractivity contribution >= 4 is 40.5 Å². The lowest BCUT2D eigenvalue weighted by Crippen LogP contribution is -2.30. The fourth-order valence-corrected chi connectivity index (χ4v) is 3.83. The third-order valence-corrected chi connectivity index (χ3v) is 4.97. The molecule has 0 aliphatic carbocycles. The largest absolute Gasteiger partial charge is 0.482 e. The smallest absolute Gasteiger partial charge is 0.262 e. The standard InChI is InChI=1S/C20H21Cl2FN2O2/c1-13-9-14(21)10-16(22)20(13)27-12-19(26)24-15-5-6-18(17(23)11-15)25-7-3-2-4-8-25/h5-6,9-11H,2-4,7-8,12H2,1H3,(H,24,26). The van der Waals surface area contributed by atoms with E-state index in [9.17, 15) is 9.18 Å². The van der Waals surface area contributed by atoms with Crippen LogP contribution in [0.5, 0.6) is 5.75 Å². The monoisotopic (exact) mass is 410 g/mol. The number of hydrogen-bond acceptors (Lipinski definition) is 3. The summed E-state index contributed by atoms with van der Waals surface area (Å²) in [5.74, 6) is -0.333. The molecule has 0 saturated carbocycles. The number of aryl methyl sites for hydroxylation is 1. The molecule has 0 aromatic heterocycles. The van der Waals surface area contributed by atoms with Gasteiger partial charge in [-0.25, -0.2) is 4.39 Å². The Kier molecular flexibility index (Phi) is 6.45. The van der Waals surface area contributed by atoms with Crippen LogP contribution in [0.4, 0.5) is 15.8 Å². The molecule has 3 rings (SSSR count). The molecule has 1 fully saturated rings. The van der Waals surface area contributed by atoms with Crippen LogP contribution in [0.3, 0.4) is 0 Å². The first-order valence-electron chi connectivity index (χ1n) is 8.87. The van der Waals surface area contributed by atoms with E-state index >= 15 is 0 Å². The van der Waals surface area contributed by atoms with Gasteiger partial charge in [0.15, 0.2) is 6.61 Å². The fraction of sp³-hybridized carbons (Fsp3) is 0.350. The summed E-state index contributed by atoms with van der Waals surface area (Å²) in [5.41, 5.74) is 1.70. The highest BCUT2D eigenvalue weighted by Gasteiger charge is 2.16. The van der Waals surface area contributed by atoms with E-state index in [-0.39, 0.29) is 12.4 Å². The first-order chi connectivity index (χ1) is 12.9. The molecule has 7 heteroatoms. The van der Waals surface area contributed by atoms with Crippen molar-refractivity contribution in [2.75, 3.05) is 29.9 Å². The zero-order chi connectivity index (χ0) is 19.4. The van der Waals surface area contributed by atoms with Crippen molar-refractivity contribution in [2.24, 2.45) is 0 Å². The van der Waals surface area contributed by atoms with Crippen LogP contribution in [-0.4, -0.2) is 25.6 Å². The summed E-state index contributed by atoms with van der Waals surface area (Å²) >= 11 is 12.0. The maximum absolute atomic E-state index is 14.4. The Morgan fingerprint density at radius 1 is 1.19 bits per heavy atom. The first kappa shape index (κ1) is 19.8. The lowest BCUT2D eigenvalue weighted by Gasteiger charge is -2.29. The molecular formula is C20H21Cl2FN2O2. The molecule has 1 amide bonds. The van der Waals surface area contributed by atoms with Gasteiger partial charge in [0.25, 0.3) is 5.91 Å². The second-order valence-electron chi connectivity index (χ2n) is 6.58. The highest BCUT2D eigenvalue weighted by Crippen LogP contribution is 2.32. The number of ether oxygens (including phenoxy) is 1. The molecule has 0 atom stereocenters. The third kappa shape index (κ3) is 5.05. The van der Waals surface area contributed by atoms with Crippen LogP contribution in [0.1, 0.15) is 24.8 Å². The second kappa shape index (κ2) is 8.81. The van der Waals surface area contributed by atoms with Crippen LogP contribution in [-0.2, 0) is 4.79 Å². The molecule has 0 spiro atoms. The Morgan fingerprint density at radius 2 is 1.93 bits per heavy atom. The summed E-state index contributed by atoms with van der Waals surface area (Å²) in [4.78, 5) is 14.2. The van der Waals surface area contributed by atoms with Gasteiger partial charge in [-0.1, -0.05) is 23.2 Å². The molecule has 27 heavy (non-hydrogen) atoms. The Bertz CT molecular complexity index is 816. The number of nitrogens with zero attached hydrogens (tertiary/aromatic N) is 1. The van der Waals surface area contributed by atoms with Gasteiger partial charge in [0.2, 0.25) is 0 Å². The predicted octanol–water partition coefficient (Wildman–Crippen LogP) is 5.45. The van der Waals surface area contributed by atoms with E-state index in [1.807, 2.05) is 4.90 Å². The van der Waals surface area contributed by atoms with Crippen LogP contribution in [0.15, 0.2) is 30.3 Å². The van der Waals surface area contributed by atoms with Crippen LogP contribution in [0.25, 0.3) is 0 Å². The molecular weight excluding hydrogens is 390 g/mol. The molecule has 0 bridgehead atoms. The van der Waals surface area contributed by atoms with Crippen LogP contribution in [0, 0.1) is 12.7 Å². The van der Waals surface area contributed by atoms with Gasteiger partial charge in [0.1, 0.15) is 11.6 Å². The first-order valence-corrected chi connectivity index (χ1v) is 9.62. The number of hydrogen-bond donors (Lipinski definition) is 1. The number of rotatable bonds is 5. The lowest BCUT2D eigenvalue weighted by molar-refractivity contribution is -0.118. The van der Waals surface area contributed by atoms with Crippen molar-refractivity contribution in [2.45, 2.75) is 26.2 Å². The number of amides is 1. The highest BCUT2D eigenvalue weighted by atomic mass is 35.5. The van der Waals surface area contributed by atoms with Gasteiger partial charge in [0, 0.05) is 23.8 Å². The van der Waals surface area contributed by atoms with Gasteiger partial charge < -0.3 is 15.0 Å². The minimum Gasteiger partial charge on any atom is -0.482 e. The Labute approximate surface area is 168 Å². The Morgan fingerprint density at radius 3 is 2.59 bits per heavy atom. The molecule has 1 aliphatic rings. The maximum Gasteiger partial charge on any atom is 0.262 e. The zero-order valence-corrected chi connectivity index (χ0v) is 16.5. The summed E-state index contributed by atoms with van der Waals surface area (Å²) < 4.78 is 19.9. The summed E-state index contributed by atoms with van der Waals surface area (Å²) in [6.45, 7) is 3.27. The van der Waals surface area contributed by atoms with E-state index in [1.54, 1.807) is 31.2 Å². The van der Waals surface area contributed by atoms with Gasteiger partial charge in [-0.2, -0.15) is 0 Å². The summed E-state index contributed by atoms with van der Waals surface area (Å²) in [7, 11) is 0. The van der Waals surface area contributed by atoms with E-state index in [1.165, 1.54) is 12.5 Å². The number of nitrogens with one attached hydrogen (secondary N) is 1. The molecule has 2 aromatic carbocycles. The Balaban J connectivity index is 1.60. The van der Waals surface area contributed by atoms with Crippen LogP contribution in [0.2, 0.25) is 10.0 Å². The van der Waals surface area contributed by atoms with E-state index in [2.05, 4.69) is 5.32 Å². The Hall–Kier alpha value is -1.98. The molecule has 0 radical (unpaired) electrons. The fourth-order valence-electron chi connectivity index (χ4n) is 3.18. The molecule has 2 aromatic rings. The van der Waals surface area contributed by atoms with E-state index < -0.39 is 5.91 Å². The quantitative estimate of drug-likeness (QED) is 0.712.